The van der Waals surface area contributed by atoms with Gasteiger partial charge >= 0.3 is 0 Å². The Labute approximate surface area is 231 Å². The van der Waals surface area contributed by atoms with Crippen LogP contribution < -0.4 is 4.74 Å². The Morgan fingerprint density at radius 2 is 1.50 bits per heavy atom. The van der Waals surface area contributed by atoms with E-state index in [4.69, 9.17) is 4.74 Å². The molecule has 0 saturated heterocycles. The normalized spacial score (nSPS) is 11.3. The zero-order chi connectivity index (χ0) is 28.0. The van der Waals surface area contributed by atoms with E-state index >= 15 is 0 Å². The monoisotopic (exact) mass is 521 g/mol. The first-order valence-corrected chi connectivity index (χ1v) is 14.1. The van der Waals surface area contributed by atoms with E-state index in [0.717, 1.165) is 92.6 Å². The van der Waals surface area contributed by atoms with Gasteiger partial charge in [-0.15, -0.1) is 13.2 Å². The zero-order valence-corrected chi connectivity index (χ0v) is 24.2. The predicted molar refractivity (Wildman–Crippen MR) is 160 cm³/mol. The molecule has 2 aromatic rings. The molecule has 0 bridgehead atoms. The number of nitrogens with zero attached hydrogens (tertiary/aromatic N) is 2. The summed E-state index contributed by atoms with van der Waals surface area (Å²) in [7, 11) is 4.24. The average Bonchev–Trinajstić information content (AvgIpc) is 2.88. The van der Waals surface area contributed by atoms with Gasteiger partial charge in [0.15, 0.2) is 6.54 Å². The van der Waals surface area contributed by atoms with Gasteiger partial charge in [0, 0.05) is 30.6 Å². The van der Waals surface area contributed by atoms with E-state index in [9.17, 15) is 9.90 Å². The molecule has 0 aliphatic heterocycles. The molecule has 0 aromatic heterocycles. The number of quaternary nitrogens is 1. The van der Waals surface area contributed by atoms with Crippen LogP contribution in [0.15, 0.2) is 61.7 Å². The Kier molecular flexibility index (Phi) is 13.1. The maximum absolute atomic E-state index is 13.1. The number of hydrogen-bond donors (Lipinski definition) is 1. The predicted octanol–water partition coefficient (Wildman–Crippen LogP) is 6.79. The number of phenolic OH excluding ortho intramolecular Hbond substituents is 1. The topological polar surface area (TPSA) is 49.8 Å². The van der Waals surface area contributed by atoms with Crippen LogP contribution in [0.2, 0.25) is 0 Å². The van der Waals surface area contributed by atoms with Crippen molar-refractivity contribution in [2.24, 2.45) is 0 Å². The number of benzene rings is 2. The molecule has 0 atom stereocenters. The molecule has 0 unspecified atom stereocenters. The molecule has 2 rings (SSSR count). The zero-order valence-electron chi connectivity index (χ0n) is 24.2. The SMILES string of the molecule is C=CCc1ccc(O)c(-c2cc(CC=C)ccc2OCCC[N+](C)(C)CC(=O)N(CCCC)CCCC)c1. The summed E-state index contributed by atoms with van der Waals surface area (Å²) in [5, 5.41) is 10.7. The van der Waals surface area contributed by atoms with E-state index in [2.05, 4.69) is 47.2 Å². The number of allylic oxidation sites excluding steroid dienone is 2. The summed E-state index contributed by atoms with van der Waals surface area (Å²) in [4.78, 5) is 15.1. The number of likely N-dealkylation sites (N-methyl/N-ethyl adjacent to an activating group) is 1. The second kappa shape index (κ2) is 16.0. The molecule has 208 valence electrons. The summed E-state index contributed by atoms with van der Waals surface area (Å²) >= 11 is 0. The second-order valence-corrected chi connectivity index (χ2v) is 10.8. The highest BCUT2D eigenvalue weighted by atomic mass is 16.5. The lowest BCUT2D eigenvalue weighted by molar-refractivity contribution is -0.882. The Hall–Kier alpha value is -3.05. The number of phenols is 1. The lowest BCUT2D eigenvalue weighted by Crippen LogP contribution is -2.49. The number of aromatic hydroxyl groups is 1. The fraction of sp³-hybridized carbons (Fsp3) is 0.485. The molecule has 0 aliphatic carbocycles. The minimum atomic E-state index is 0.227. The Bertz CT molecular complexity index is 1040. The van der Waals surface area contributed by atoms with Gasteiger partial charge < -0.3 is 19.2 Å². The molecule has 0 radical (unpaired) electrons. The van der Waals surface area contributed by atoms with E-state index in [1.807, 2.05) is 41.3 Å². The van der Waals surface area contributed by atoms with Gasteiger partial charge in [0.1, 0.15) is 11.5 Å². The van der Waals surface area contributed by atoms with Gasteiger partial charge in [-0.2, -0.15) is 0 Å². The molecule has 0 fully saturated rings. The van der Waals surface area contributed by atoms with E-state index in [1.54, 1.807) is 6.07 Å². The van der Waals surface area contributed by atoms with E-state index in [-0.39, 0.29) is 11.7 Å². The third-order valence-electron chi connectivity index (χ3n) is 6.80. The standard InChI is InChI=1S/C33H48N2O3/c1-7-11-20-34(21-12-8-2)33(37)26-35(5,6)22-13-23-38-32-19-17-28(15-10-4)25-30(32)29-24-27(14-9-3)16-18-31(29)36/h9-10,16-19,24-25H,3-4,7-8,11-15,20-23,26H2,1-2,5-6H3/p+1. The molecule has 0 heterocycles. The molecule has 38 heavy (non-hydrogen) atoms. The number of carbonyl (C=O) groups is 1. The van der Waals surface area contributed by atoms with Crippen LogP contribution in [-0.2, 0) is 17.6 Å². The van der Waals surface area contributed by atoms with E-state index < -0.39 is 0 Å². The Morgan fingerprint density at radius 3 is 2.08 bits per heavy atom. The van der Waals surface area contributed by atoms with Gasteiger partial charge in [0.05, 0.1) is 27.2 Å². The fourth-order valence-corrected chi connectivity index (χ4v) is 4.58. The first kappa shape index (κ1) is 31.2. The largest absolute Gasteiger partial charge is 0.507 e. The van der Waals surface area contributed by atoms with Crippen LogP contribution in [-0.4, -0.2) is 67.3 Å². The van der Waals surface area contributed by atoms with Crippen LogP contribution in [0.4, 0.5) is 0 Å². The van der Waals surface area contributed by atoms with Crippen molar-refractivity contribution >= 4 is 5.91 Å². The molecular formula is C33H49N2O3+. The minimum Gasteiger partial charge on any atom is -0.507 e. The summed E-state index contributed by atoms with van der Waals surface area (Å²) < 4.78 is 6.90. The summed E-state index contributed by atoms with van der Waals surface area (Å²) in [6.45, 7) is 15.6. The van der Waals surface area contributed by atoms with Gasteiger partial charge in [-0.05, 0) is 61.1 Å². The molecule has 5 heteroatoms. The number of hydrogen-bond acceptors (Lipinski definition) is 3. The molecule has 0 spiro atoms. The van der Waals surface area contributed by atoms with Crippen LogP contribution >= 0.6 is 0 Å². The van der Waals surface area contributed by atoms with Gasteiger partial charge in [0.2, 0.25) is 0 Å². The fourth-order valence-electron chi connectivity index (χ4n) is 4.58. The molecule has 1 N–H and O–H groups in total. The highest BCUT2D eigenvalue weighted by molar-refractivity contribution is 5.77. The number of carbonyl (C=O) groups excluding carboxylic acids is 1. The Balaban J connectivity index is 2.08. The highest BCUT2D eigenvalue weighted by Crippen LogP contribution is 2.37. The summed E-state index contributed by atoms with van der Waals surface area (Å²) in [5.41, 5.74) is 3.83. The average molecular weight is 522 g/mol. The van der Waals surface area contributed by atoms with Crippen molar-refractivity contribution < 1.29 is 19.1 Å². The summed E-state index contributed by atoms with van der Waals surface area (Å²) in [6, 6.07) is 11.8. The number of rotatable bonds is 18. The molecule has 2 aromatic carbocycles. The third-order valence-corrected chi connectivity index (χ3v) is 6.80. The Morgan fingerprint density at radius 1 is 0.921 bits per heavy atom. The molecule has 5 nitrogen and oxygen atoms in total. The number of unbranched alkanes of at least 4 members (excludes halogenated alkanes) is 2. The molecule has 0 aliphatic rings. The summed E-state index contributed by atoms with van der Waals surface area (Å²) in [5.74, 6) is 1.22. The van der Waals surface area contributed by atoms with Crippen LogP contribution in [0.5, 0.6) is 11.5 Å². The van der Waals surface area contributed by atoms with Gasteiger partial charge in [-0.25, -0.2) is 0 Å². The van der Waals surface area contributed by atoms with Gasteiger partial charge in [0.25, 0.3) is 5.91 Å². The molecule has 1 amide bonds. The van der Waals surface area contributed by atoms with Crippen molar-refractivity contribution in [3.8, 4) is 22.6 Å². The maximum atomic E-state index is 13.1. The smallest absolute Gasteiger partial charge is 0.277 e. The molecule has 0 saturated carbocycles. The van der Waals surface area contributed by atoms with Crippen molar-refractivity contribution in [2.75, 3.05) is 46.9 Å². The van der Waals surface area contributed by atoms with E-state index in [0.29, 0.717) is 17.6 Å². The van der Waals surface area contributed by atoms with Crippen LogP contribution in [0.25, 0.3) is 11.1 Å². The first-order valence-electron chi connectivity index (χ1n) is 14.1. The third kappa shape index (κ3) is 10.0. The molecular weight excluding hydrogens is 472 g/mol. The summed E-state index contributed by atoms with van der Waals surface area (Å²) in [6.07, 6.45) is 10.3. The maximum Gasteiger partial charge on any atom is 0.277 e. The van der Waals surface area contributed by atoms with Crippen molar-refractivity contribution in [1.29, 1.82) is 0 Å². The van der Waals surface area contributed by atoms with Crippen molar-refractivity contribution in [3.05, 3.63) is 72.8 Å². The highest BCUT2D eigenvalue weighted by Gasteiger charge is 2.24. The van der Waals surface area contributed by atoms with Crippen LogP contribution in [0.3, 0.4) is 0 Å². The number of ether oxygens (including phenoxy) is 1. The van der Waals surface area contributed by atoms with Crippen molar-refractivity contribution in [2.45, 2.75) is 58.8 Å². The second-order valence-electron chi connectivity index (χ2n) is 10.8. The number of amides is 1. The quantitative estimate of drug-likeness (QED) is 0.133. The first-order chi connectivity index (χ1) is 18.2. The van der Waals surface area contributed by atoms with Crippen molar-refractivity contribution in [3.63, 3.8) is 0 Å². The lowest BCUT2D eigenvalue weighted by Gasteiger charge is -2.32. The van der Waals surface area contributed by atoms with E-state index in [1.165, 1.54) is 0 Å². The lowest BCUT2D eigenvalue weighted by atomic mass is 9.97. The van der Waals surface area contributed by atoms with Crippen molar-refractivity contribution in [1.82, 2.24) is 4.90 Å². The van der Waals surface area contributed by atoms with Gasteiger partial charge in [-0.1, -0.05) is 51.0 Å². The van der Waals surface area contributed by atoms with Crippen LogP contribution in [0.1, 0.15) is 57.1 Å². The van der Waals surface area contributed by atoms with Gasteiger partial charge in [-0.3, -0.25) is 4.79 Å². The van der Waals surface area contributed by atoms with Crippen LogP contribution in [0, 0.1) is 0 Å². The minimum absolute atomic E-state index is 0.227.